The summed E-state index contributed by atoms with van der Waals surface area (Å²) in [5.74, 6) is 0.557. The average Bonchev–Trinajstić information content (AvgIpc) is 2.64. The molecule has 1 aliphatic heterocycles. The van der Waals surface area contributed by atoms with Crippen molar-refractivity contribution in [1.82, 2.24) is 5.32 Å². The van der Waals surface area contributed by atoms with E-state index in [1.165, 1.54) is 10.4 Å². The predicted octanol–water partition coefficient (Wildman–Crippen LogP) is 3.67. The lowest BCUT2D eigenvalue weighted by molar-refractivity contribution is 0.0619. The summed E-state index contributed by atoms with van der Waals surface area (Å²) in [5.41, 5.74) is 1.51. The molecule has 154 valence electrons. The molecule has 2 aromatic carbocycles. The first-order chi connectivity index (χ1) is 13.6. The molecule has 7 heteroatoms. The van der Waals surface area contributed by atoms with Gasteiger partial charge in [-0.2, -0.15) is 0 Å². The van der Waals surface area contributed by atoms with Gasteiger partial charge in [-0.25, -0.2) is 8.42 Å². The summed E-state index contributed by atoms with van der Waals surface area (Å²) in [7, 11) is -3.43. The molecule has 0 radical (unpaired) electrons. The summed E-state index contributed by atoms with van der Waals surface area (Å²) < 4.78 is 31.2. The van der Waals surface area contributed by atoms with E-state index in [1.54, 1.807) is 24.3 Å². The van der Waals surface area contributed by atoms with Gasteiger partial charge in [0, 0.05) is 17.5 Å². The van der Waals surface area contributed by atoms with Gasteiger partial charge in [0.1, 0.15) is 11.4 Å². The molecule has 0 spiro atoms. The molecule has 0 aliphatic carbocycles. The highest BCUT2D eigenvalue weighted by molar-refractivity contribution is 7.92. The van der Waals surface area contributed by atoms with Crippen LogP contribution in [0.3, 0.4) is 0 Å². The van der Waals surface area contributed by atoms with Crippen molar-refractivity contribution in [2.45, 2.75) is 31.9 Å². The average molecular weight is 415 g/mol. The van der Waals surface area contributed by atoms with E-state index >= 15 is 0 Å². The highest BCUT2D eigenvalue weighted by Crippen LogP contribution is 2.39. The largest absolute Gasteiger partial charge is 0.487 e. The number of amides is 1. The third-order valence-electron chi connectivity index (χ3n) is 4.79. The van der Waals surface area contributed by atoms with E-state index in [0.717, 1.165) is 17.6 Å². The van der Waals surface area contributed by atoms with Crippen LogP contribution in [0.4, 0.5) is 5.69 Å². The molecule has 0 saturated carbocycles. The molecule has 1 aliphatic rings. The highest BCUT2D eigenvalue weighted by Gasteiger charge is 2.34. The highest BCUT2D eigenvalue weighted by atomic mass is 32.2. The lowest BCUT2D eigenvalue weighted by Gasteiger charge is -2.37. The Kier molecular flexibility index (Phi) is 5.71. The van der Waals surface area contributed by atoms with Crippen molar-refractivity contribution in [3.63, 3.8) is 0 Å². The first kappa shape index (κ1) is 20.9. The minimum atomic E-state index is -3.43. The van der Waals surface area contributed by atoms with Gasteiger partial charge in [0.15, 0.2) is 0 Å². The number of hydrogen-bond donors (Lipinski definition) is 1. The van der Waals surface area contributed by atoms with Crippen molar-refractivity contribution in [2.75, 3.05) is 17.1 Å². The van der Waals surface area contributed by atoms with Crippen molar-refractivity contribution in [3.05, 3.63) is 72.3 Å². The Morgan fingerprint density at radius 3 is 2.52 bits per heavy atom. The maximum atomic E-state index is 12.8. The van der Waals surface area contributed by atoms with E-state index in [4.69, 9.17) is 4.74 Å². The molecule has 2 aromatic rings. The topological polar surface area (TPSA) is 75.7 Å². The zero-order valence-corrected chi connectivity index (χ0v) is 17.7. The molecule has 0 saturated heterocycles. The van der Waals surface area contributed by atoms with Gasteiger partial charge in [0.25, 0.3) is 5.91 Å². The van der Waals surface area contributed by atoms with Gasteiger partial charge in [-0.15, -0.1) is 6.58 Å². The zero-order valence-electron chi connectivity index (χ0n) is 16.9. The van der Waals surface area contributed by atoms with E-state index in [9.17, 15) is 13.2 Å². The first-order valence-corrected chi connectivity index (χ1v) is 11.2. The second-order valence-electron chi connectivity index (χ2n) is 7.76. The monoisotopic (exact) mass is 414 g/mol. The van der Waals surface area contributed by atoms with Gasteiger partial charge >= 0.3 is 0 Å². The number of carbonyl (C=O) groups excluding carboxylic acids is 1. The van der Waals surface area contributed by atoms with Crippen LogP contribution < -0.4 is 14.4 Å². The normalized spacial score (nSPS) is 17.6. The fourth-order valence-corrected chi connectivity index (χ4v) is 4.38. The number of para-hydroxylation sites is 1. The van der Waals surface area contributed by atoms with E-state index in [-0.39, 0.29) is 18.5 Å². The number of fused-ring (bicyclic) bond motifs is 1. The van der Waals surface area contributed by atoms with E-state index in [2.05, 4.69) is 11.9 Å². The number of hydrogen-bond acceptors (Lipinski definition) is 4. The van der Waals surface area contributed by atoms with Crippen LogP contribution in [0.5, 0.6) is 5.75 Å². The van der Waals surface area contributed by atoms with Crippen LogP contribution in [0.1, 0.15) is 42.2 Å². The molecule has 0 bridgehead atoms. The van der Waals surface area contributed by atoms with Crippen molar-refractivity contribution in [3.8, 4) is 5.75 Å². The summed E-state index contributed by atoms with van der Waals surface area (Å²) in [6, 6.07) is 14.0. The summed E-state index contributed by atoms with van der Waals surface area (Å²) in [5, 5.41) is 3.08. The minimum absolute atomic E-state index is 0.165. The third kappa shape index (κ3) is 4.79. The van der Waals surface area contributed by atoms with Crippen LogP contribution in [-0.4, -0.2) is 32.7 Å². The molecule has 1 unspecified atom stereocenters. The van der Waals surface area contributed by atoms with Crippen LogP contribution >= 0.6 is 0 Å². The standard InChI is InChI=1S/C22H26N2O4S/c1-5-14-24(29(4,26)27)17-12-10-16(11-13-17)21(25)23-19-15-22(2,3)28-20-9-7-6-8-18(19)20/h5-13,19H,1,14-15H2,2-4H3,(H,23,25). The number of nitrogens with one attached hydrogen (secondary N) is 1. The Bertz CT molecular complexity index is 1010. The molecule has 0 fully saturated rings. The van der Waals surface area contributed by atoms with Crippen LogP contribution in [0.2, 0.25) is 0 Å². The number of rotatable bonds is 6. The van der Waals surface area contributed by atoms with E-state index < -0.39 is 15.6 Å². The van der Waals surface area contributed by atoms with Gasteiger partial charge in [-0.1, -0.05) is 24.3 Å². The Morgan fingerprint density at radius 1 is 1.24 bits per heavy atom. The Morgan fingerprint density at radius 2 is 1.90 bits per heavy atom. The molecule has 0 aromatic heterocycles. The molecular formula is C22H26N2O4S. The van der Waals surface area contributed by atoms with Gasteiger partial charge < -0.3 is 10.1 Å². The zero-order chi connectivity index (χ0) is 21.2. The number of carbonyl (C=O) groups is 1. The Hall–Kier alpha value is -2.80. The SMILES string of the molecule is C=CCN(c1ccc(C(=O)NC2CC(C)(C)Oc3ccccc32)cc1)S(C)(=O)=O. The molecule has 1 amide bonds. The molecule has 6 nitrogen and oxygen atoms in total. The smallest absolute Gasteiger partial charge is 0.251 e. The van der Waals surface area contributed by atoms with E-state index in [0.29, 0.717) is 17.7 Å². The molecule has 29 heavy (non-hydrogen) atoms. The molecule has 1 N–H and O–H groups in total. The predicted molar refractivity (Wildman–Crippen MR) is 115 cm³/mol. The lowest BCUT2D eigenvalue weighted by atomic mass is 9.89. The summed E-state index contributed by atoms with van der Waals surface area (Å²) in [6.07, 6.45) is 3.31. The molecule has 1 atom stereocenters. The molecule has 3 rings (SSSR count). The summed E-state index contributed by atoms with van der Waals surface area (Å²) in [4.78, 5) is 12.8. The van der Waals surface area contributed by atoms with Crippen LogP contribution in [0, 0.1) is 0 Å². The number of anilines is 1. The van der Waals surface area contributed by atoms with E-state index in [1.807, 2.05) is 38.1 Å². The van der Waals surface area contributed by atoms with Gasteiger partial charge in [0.05, 0.1) is 24.5 Å². The maximum Gasteiger partial charge on any atom is 0.251 e. The van der Waals surface area contributed by atoms with Gasteiger partial charge in [0.2, 0.25) is 10.0 Å². The number of nitrogens with zero attached hydrogens (tertiary/aromatic N) is 1. The quantitative estimate of drug-likeness (QED) is 0.732. The van der Waals surface area contributed by atoms with Crippen molar-refractivity contribution in [2.24, 2.45) is 0 Å². The lowest BCUT2D eigenvalue weighted by Crippen LogP contribution is -2.41. The Balaban J connectivity index is 1.80. The fourth-order valence-electron chi connectivity index (χ4n) is 3.50. The fraction of sp³-hybridized carbons (Fsp3) is 0.318. The van der Waals surface area contributed by atoms with Crippen LogP contribution in [0.25, 0.3) is 0 Å². The molecular weight excluding hydrogens is 388 g/mol. The van der Waals surface area contributed by atoms with Crippen molar-refractivity contribution >= 4 is 21.6 Å². The van der Waals surface area contributed by atoms with Gasteiger partial charge in [-0.05, 0) is 44.2 Å². The first-order valence-electron chi connectivity index (χ1n) is 9.38. The van der Waals surface area contributed by atoms with Crippen molar-refractivity contribution in [1.29, 1.82) is 0 Å². The summed E-state index contributed by atoms with van der Waals surface area (Å²) in [6.45, 7) is 7.76. The Labute approximate surface area is 172 Å². The van der Waals surface area contributed by atoms with Crippen LogP contribution in [-0.2, 0) is 10.0 Å². The van der Waals surface area contributed by atoms with Gasteiger partial charge in [-0.3, -0.25) is 9.10 Å². The third-order valence-corrected chi connectivity index (χ3v) is 5.95. The minimum Gasteiger partial charge on any atom is -0.487 e. The van der Waals surface area contributed by atoms with Crippen molar-refractivity contribution < 1.29 is 17.9 Å². The molecule has 1 heterocycles. The second kappa shape index (κ2) is 7.91. The number of ether oxygens (including phenoxy) is 1. The second-order valence-corrected chi connectivity index (χ2v) is 9.67. The van der Waals surface area contributed by atoms with Crippen LogP contribution in [0.15, 0.2) is 61.2 Å². The number of sulfonamides is 1. The number of benzene rings is 2. The maximum absolute atomic E-state index is 12.8. The summed E-state index contributed by atoms with van der Waals surface area (Å²) >= 11 is 0.